The average Bonchev–Trinajstić information content (AvgIpc) is 2.68. The first-order valence-electron chi connectivity index (χ1n) is 10.0. The lowest BCUT2D eigenvalue weighted by Crippen LogP contribution is -2.49. The van der Waals surface area contributed by atoms with Gasteiger partial charge < -0.3 is 10.2 Å². The Bertz CT molecular complexity index is 754. The lowest BCUT2D eigenvalue weighted by Gasteiger charge is -2.29. The van der Waals surface area contributed by atoms with Gasteiger partial charge in [-0.1, -0.05) is 74.0 Å². The standard InChI is InChI=1S/C24H32N2O2/c1-18(2)17-25-24(28)20(4)26(15-14-21-8-6-5-7-9-21)23(27)16-22-12-10-19(3)11-13-22/h5-13,18,20H,14-17H2,1-4H3,(H,25,28)/t20-/m0/s1. The number of carbonyl (C=O) groups excluding carboxylic acids is 2. The molecule has 0 aliphatic carbocycles. The highest BCUT2D eigenvalue weighted by Crippen LogP contribution is 2.11. The first kappa shape index (κ1) is 21.7. The number of nitrogens with zero attached hydrogens (tertiary/aromatic N) is 1. The molecule has 0 saturated heterocycles. The quantitative estimate of drug-likeness (QED) is 0.720. The van der Waals surface area contributed by atoms with Gasteiger partial charge in [-0.3, -0.25) is 9.59 Å². The van der Waals surface area contributed by atoms with E-state index in [0.29, 0.717) is 25.4 Å². The summed E-state index contributed by atoms with van der Waals surface area (Å²) < 4.78 is 0. The highest BCUT2D eigenvalue weighted by Gasteiger charge is 2.25. The van der Waals surface area contributed by atoms with Crippen molar-refractivity contribution in [1.29, 1.82) is 0 Å². The van der Waals surface area contributed by atoms with Crippen molar-refractivity contribution in [2.45, 2.75) is 46.6 Å². The summed E-state index contributed by atoms with van der Waals surface area (Å²) in [6.07, 6.45) is 1.03. The zero-order valence-corrected chi connectivity index (χ0v) is 17.4. The monoisotopic (exact) mass is 380 g/mol. The summed E-state index contributed by atoms with van der Waals surface area (Å²) in [5.74, 6) is 0.253. The van der Waals surface area contributed by atoms with Crippen LogP contribution in [0.3, 0.4) is 0 Å². The predicted molar refractivity (Wildman–Crippen MR) is 114 cm³/mol. The van der Waals surface area contributed by atoms with Gasteiger partial charge in [0.05, 0.1) is 6.42 Å². The molecule has 4 nitrogen and oxygen atoms in total. The van der Waals surface area contributed by atoms with Crippen LogP contribution in [0.5, 0.6) is 0 Å². The predicted octanol–water partition coefficient (Wildman–Crippen LogP) is 3.77. The number of amides is 2. The second-order valence-electron chi connectivity index (χ2n) is 7.80. The van der Waals surface area contributed by atoms with Crippen LogP contribution >= 0.6 is 0 Å². The van der Waals surface area contributed by atoms with Crippen LogP contribution in [0, 0.1) is 12.8 Å². The molecule has 0 unspecified atom stereocenters. The second kappa shape index (κ2) is 10.6. The van der Waals surface area contributed by atoms with E-state index in [2.05, 4.69) is 19.2 Å². The van der Waals surface area contributed by atoms with E-state index in [1.54, 1.807) is 4.90 Å². The van der Waals surface area contributed by atoms with Gasteiger partial charge in [0.25, 0.3) is 0 Å². The van der Waals surface area contributed by atoms with Crippen molar-refractivity contribution in [2.24, 2.45) is 5.92 Å². The summed E-state index contributed by atoms with van der Waals surface area (Å²) in [6.45, 7) is 9.08. The first-order chi connectivity index (χ1) is 13.4. The van der Waals surface area contributed by atoms with Crippen LogP contribution in [0.15, 0.2) is 54.6 Å². The van der Waals surface area contributed by atoms with E-state index in [4.69, 9.17) is 0 Å². The Labute approximate surface area is 169 Å². The molecule has 0 saturated carbocycles. The van der Waals surface area contributed by atoms with Crippen LogP contribution in [0.4, 0.5) is 0 Å². The molecule has 1 atom stereocenters. The molecular formula is C24H32N2O2. The van der Waals surface area contributed by atoms with Crippen LogP contribution in [0.2, 0.25) is 0 Å². The van der Waals surface area contributed by atoms with Crippen LogP contribution in [0.25, 0.3) is 0 Å². The van der Waals surface area contributed by atoms with Gasteiger partial charge in [-0.2, -0.15) is 0 Å². The number of rotatable bonds is 9. The molecule has 2 aromatic carbocycles. The molecular weight excluding hydrogens is 348 g/mol. The average molecular weight is 381 g/mol. The van der Waals surface area contributed by atoms with Gasteiger partial charge in [0.2, 0.25) is 11.8 Å². The normalized spacial score (nSPS) is 11.9. The molecule has 0 aliphatic rings. The van der Waals surface area contributed by atoms with Crippen LogP contribution in [-0.2, 0) is 22.4 Å². The van der Waals surface area contributed by atoms with Crippen molar-refractivity contribution >= 4 is 11.8 Å². The highest BCUT2D eigenvalue weighted by atomic mass is 16.2. The summed E-state index contributed by atoms with van der Waals surface area (Å²) in [7, 11) is 0. The largest absolute Gasteiger partial charge is 0.354 e. The molecule has 0 spiro atoms. The fourth-order valence-corrected chi connectivity index (χ4v) is 3.00. The zero-order chi connectivity index (χ0) is 20.5. The van der Waals surface area contributed by atoms with Crippen molar-refractivity contribution in [3.8, 4) is 0 Å². The van der Waals surface area contributed by atoms with E-state index < -0.39 is 6.04 Å². The van der Waals surface area contributed by atoms with Crippen LogP contribution < -0.4 is 5.32 Å². The Balaban J connectivity index is 2.10. The van der Waals surface area contributed by atoms with Crippen molar-refractivity contribution < 1.29 is 9.59 Å². The lowest BCUT2D eigenvalue weighted by atomic mass is 10.1. The van der Waals surface area contributed by atoms with Gasteiger partial charge in [-0.05, 0) is 37.3 Å². The maximum atomic E-state index is 13.0. The molecule has 0 heterocycles. The van der Waals surface area contributed by atoms with E-state index in [0.717, 1.165) is 17.5 Å². The zero-order valence-electron chi connectivity index (χ0n) is 17.4. The highest BCUT2D eigenvalue weighted by molar-refractivity contribution is 5.88. The minimum absolute atomic E-state index is 0.0213. The Morgan fingerprint density at radius 3 is 2.18 bits per heavy atom. The van der Waals surface area contributed by atoms with Gasteiger partial charge in [0.15, 0.2) is 0 Å². The van der Waals surface area contributed by atoms with Crippen molar-refractivity contribution in [3.05, 3.63) is 71.3 Å². The fourth-order valence-electron chi connectivity index (χ4n) is 3.00. The van der Waals surface area contributed by atoms with Crippen LogP contribution in [-0.4, -0.2) is 35.8 Å². The summed E-state index contributed by atoms with van der Waals surface area (Å²) >= 11 is 0. The Morgan fingerprint density at radius 1 is 0.929 bits per heavy atom. The number of hydrogen-bond donors (Lipinski definition) is 1. The summed E-state index contributed by atoms with van der Waals surface area (Å²) in [4.78, 5) is 27.4. The fraction of sp³-hybridized carbons (Fsp3) is 0.417. The Morgan fingerprint density at radius 2 is 1.57 bits per heavy atom. The molecule has 0 fully saturated rings. The minimum Gasteiger partial charge on any atom is -0.354 e. The van der Waals surface area contributed by atoms with Gasteiger partial charge in [-0.15, -0.1) is 0 Å². The molecule has 2 rings (SSSR count). The topological polar surface area (TPSA) is 49.4 Å². The number of hydrogen-bond acceptors (Lipinski definition) is 2. The third kappa shape index (κ3) is 6.84. The molecule has 4 heteroatoms. The van der Waals surface area contributed by atoms with E-state index in [-0.39, 0.29) is 11.8 Å². The summed E-state index contributed by atoms with van der Waals surface area (Å²) in [6, 6.07) is 17.5. The SMILES string of the molecule is Cc1ccc(CC(=O)N(CCc2ccccc2)[C@@H](C)C(=O)NCC(C)C)cc1. The maximum absolute atomic E-state index is 13.0. The lowest BCUT2D eigenvalue weighted by molar-refractivity contribution is -0.139. The summed E-state index contributed by atoms with van der Waals surface area (Å²) in [5.41, 5.74) is 3.29. The Hall–Kier alpha value is -2.62. The molecule has 0 radical (unpaired) electrons. The molecule has 1 N–H and O–H groups in total. The van der Waals surface area contributed by atoms with E-state index in [1.807, 2.05) is 68.4 Å². The molecule has 0 bridgehead atoms. The van der Waals surface area contributed by atoms with Crippen molar-refractivity contribution in [2.75, 3.05) is 13.1 Å². The van der Waals surface area contributed by atoms with Gasteiger partial charge in [0.1, 0.15) is 6.04 Å². The van der Waals surface area contributed by atoms with E-state index >= 15 is 0 Å². The van der Waals surface area contributed by atoms with Gasteiger partial charge >= 0.3 is 0 Å². The van der Waals surface area contributed by atoms with E-state index in [1.165, 1.54) is 5.56 Å². The number of benzene rings is 2. The van der Waals surface area contributed by atoms with Crippen molar-refractivity contribution in [1.82, 2.24) is 10.2 Å². The second-order valence-corrected chi connectivity index (χ2v) is 7.80. The third-order valence-corrected chi connectivity index (χ3v) is 4.81. The first-order valence-corrected chi connectivity index (χ1v) is 10.0. The van der Waals surface area contributed by atoms with Gasteiger partial charge in [0, 0.05) is 13.1 Å². The molecule has 150 valence electrons. The summed E-state index contributed by atoms with van der Waals surface area (Å²) in [5, 5.41) is 2.95. The molecule has 28 heavy (non-hydrogen) atoms. The number of aryl methyl sites for hydroxylation is 1. The van der Waals surface area contributed by atoms with E-state index in [9.17, 15) is 9.59 Å². The smallest absolute Gasteiger partial charge is 0.242 e. The molecule has 2 amide bonds. The molecule has 2 aromatic rings. The molecule has 0 aliphatic heterocycles. The Kier molecular flexibility index (Phi) is 8.24. The minimum atomic E-state index is -0.500. The van der Waals surface area contributed by atoms with Crippen molar-refractivity contribution in [3.63, 3.8) is 0 Å². The molecule has 0 aromatic heterocycles. The van der Waals surface area contributed by atoms with Crippen LogP contribution in [0.1, 0.15) is 37.5 Å². The number of carbonyl (C=O) groups is 2. The van der Waals surface area contributed by atoms with Gasteiger partial charge in [-0.25, -0.2) is 0 Å². The number of nitrogens with one attached hydrogen (secondary N) is 1. The maximum Gasteiger partial charge on any atom is 0.242 e. The third-order valence-electron chi connectivity index (χ3n) is 4.81.